The molecule has 0 amide bonds. The number of thioether (sulfide) groups is 1. The van der Waals surface area contributed by atoms with E-state index in [0.717, 1.165) is 50.1 Å². The first-order valence-corrected chi connectivity index (χ1v) is 9.70. The van der Waals surface area contributed by atoms with Crippen molar-refractivity contribution < 1.29 is 4.74 Å². The first kappa shape index (κ1) is 16.0. The van der Waals surface area contributed by atoms with E-state index in [2.05, 4.69) is 49.8 Å². The summed E-state index contributed by atoms with van der Waals surface area (Å²) in [6.07, 6.45) is 4.66. The second-order valence-corrected chi connectivity index (χ2v) is 7.21. The van der Waals surface area contributed by atoms with Crippen molar-refractivity contribution in [2.75, 3.05) is 19.9 Å². The van der Waals surface area contributed by atoms with Crippen LogP contribution in [0.2, 0.25) is 0 Å². The lowest BCUT2D eigenvalue weighted by atomic mass is 10.2. The molecular formula is C15H22N4OS2. The zero-order valence-corrected chi connectivity index (χ0v) is 14.7. The minimum Gasteiger partial charge on any atom is -0.376 e. The average molecular weight is 339 g/mol. The van der Waals surface area contributed by atoms with E-state index in [9.17, 15) is 0 Å². The molecule has 1 fully saturated rings. The Bertz CT molecular complexity index is 578. The third kappa shape index (κ3) is 3.90. The minimum atomic E-state index is 0.308. The molecule has 0 N–H and O–H groups in total. The van der Waals surface area contributed by atoms with Gasteiger partial charge < -0.3 is 9.30 Å². The van der Waals surface area contributed by atoms with Gasteiger partial charge in [-0.2, -0.15) is 11.3 Å². The van der Waals surface area contributed by atoms with Crippen LogP contribution < -0.4 is 0 Å². The van der Waals surface area contributed by atoms with E-state index in [1.807, 2.05) is 0 Å². The normalized spacial score (nSPS) is 18.4. The molecule has 0 aromatic carbocycles. The zero-order chi connectivity index (χ0) is 15.4. The monoisotopic (exact) mass is 338 g/mol. The van der Waals surface area contributed by atoms with Crippen LogP contribution in [-0.4, -0.2) is 45.7 Å². The molecule has 3 heterocycles. The Labute approximate surface area is 139 Å². The molecule has 1 aliphatic rings. The van der Waals surface area contributed by atoms with Crippen LogP contribution in [0.4, 0.5) is 0 Å². The van der Waals surface area contributed by atoms with Crippen LogP contribution in [0, 0.1) is 0 Å². The third-order valence-corrected chi connectivity index (χ3v) is 5.23. The highest BCUT2D eigenvalue weighted by Gasteiger charge is 2.21. The molecule has 1 unspecified atom stereocenters. The number of hydrogen-bond acceptors (Lipinski definition) is 6. The lowest BCUT2D eigenvalue weighted by molar-refractivity contribution is 0.0934. The smallest absolute Gasteiger partial charge is 0.191 e. The molecule has 7 heteroatoms. The summed E-state index contributed by atoms with van der Waals surface area (Å²) in [6.45, 7) is 3.49. The van der Waals surface area contributed by atoms with Gasteiger partial charge in [-0.15, -0.1) is 10.2 Å². The van der Waals surface area contributed by atoms with E-state index < -0.39 is 0 Å². The van der Waals surface area contributed by atoms with Crippen LogP contribution in [0.3, 0.4) is 0 Å². The fourth-order valence-corrected chi connectivity index (χ4v) is 3.94. The number of rotatable bonds is 7. The highest BCUT2D eigenvalue weighted by molar-refractivity contribution is 7.98. The van der Waals surface area contributed by atoms with Crippen molar-refractivity contribution in [1.82, 2.24) is 19.7 Å². The van der Waals surface area contributed by atoms with E-state index in [0.29, 0.717) is 6.10 Å². The molecule has 3 rings (SSSR count). The number of hydrogen-bond donors (Lipinski definition) is 0. The second-order valence-electron chi connectivity index (χ2n) is 5.65. The van der Waals surface area contributed by atoms with Crippen molar-refractivity contribution in [2.45, 2.75) is 43.7 Å². The van der Waals surface area contributed by atoms with Gasteiger partial charge in [0.1, 0.15) is 5.82 Å². The average Bonchev–Trinajstić information content (AvgIpc) is 3.23. The van der Waals surface area contributed by atoms with Gasteiger partial charge in [0, 0.05) is 13.2 Å². The lowest BCUT2D eigenvalue weighted by Gasteiger charge is -2.18. The largest absolute Gasteiger partial charge is 0.376 e. The van der Waals surface area contributed by atoms with Crippen molar-refractivity contribution in [3.8, 4) is 0 Å². The van der Waals surface area contributed by atoms with Crippen molar-refractivity contribution in [3.05, 3.63) is 28.2 Å². The maximum Gasteiger partial charge on any atom is 0.191 e. The van der Waals surface area contributed by atoms with E-state index in [1.165, 1.54) is 5.56 Å². The third-order valence-electron chi connectivity index (χ3n) is 3.83. The Morgan fingerprint density at radius 1 is 1.45 bits per heavy atom. The Morgan fingerprint density at radius 2 is 2.36 bits per heavy atom. The van der Waals surface area contributed by atoms with Crippen LogP contribution in [0.25, 0.3) is 0 Å². The van der Waals surface area contributed by atoms with Crippen LogP contribution >= 0.6 is 23.1 Å². The summed E-state index contributed by atoms with van der Waals surface area (Å²) in [5.41, 5.74) is 1.35. The number of thiophene rings is 1. The van der Waals surface area contributed by atoms with Gasteiger partial charge >= 0.3 is 0 Å². The van der Waals surface area contributed by atoms with Crippen LogP contribution in [0.15, 0.2) is 22.0 Å². The fraction of sp³-hybridized carbons (Fsp3) is 0.600. The van der Waals surface area contributed by atoms with Crippen LogP contribution in [-0.2, 0) is 24.4 Å². The fourth-order valence-electron chi connectivity index (χ4n) is 2.75. The second kappa shape index (κ2) is 7.59. The molecule has 1 aliphatic heterocycles. The molecule has 1 saturated heterocycles. The minimum absolute atomic E-state index is 0.308. The maximum absolute atomic E-state index is 5.77. The Morgan fingerprint density at radius 3 is 3.05 bits per heavy atom. The predicted octanol–water partition coefficient (Wildman–Crippen LogP) is 2.87. The van der Waals surface area contributed by atoms with Gasteiger partial charge in [0.2, 0.25) is 0 Å². The molecule has 1 atom stereocenters. The molecule has 22 heavy (non-hydrogen) atoms. The summed E-state index contributed by atoms with van der Waals surface area (Å²) >= 11 is 3.39. The Kier molecular flexibility index (Phi) is 5.51. The standard InChI is InChI=1S/C15H22N4OS2/c1-18(8-12-5-7-22-11-12)10-14-16-17-15(21-2)19(14)9-13-4-3-6-20-13/h5,7,11,13H,3-4,6,8-10H2,1-2H3. The van der Waals surface area contributed by atoms with Crippen molar-refractivity contribution >= 4 is 23.1 Å². The van der Waals surface area contributed by atoms with Gasteiger partial charge in [-0.1, -0.05) is 11.8 Å². The number of ether oxygens (including phenoxy) is 1. The topological polar surface area (TPSA) is 43.2 Å². The highest BCUT2D eigenvalue weighted by Crippen LogP contribution is 2.20. The first-order chi connectivity index (χ1) is 10.8. The van der Waals surface area contributed by atoms with Gasteiger partial charge in [0.25, 0.3) is 0 Å². The summed E-state index contributed by atoms with van der Waals surface area (Å²) in [5.74, 6) is 1.03. The summed E-state index contributed by atoms with van der Waals surface area (Å²) in [6, 6.07) is 2.17. The Balaban J connectivity index is 1.67. The van der Waals surface area contributed by atoms with Gasteiger partial charge in [0.15, 0.2) is 5.16 Å². The van der Waals surface area contributed by atoms with Gasteiger partial charge in [-0.25, -0.2) is 0 Å². The quantitative estimate of drug-likeness (QED) is 0.726. The molecule has 0 radical (unpaired) electrons. The molecule has 120 valence electrons. The van der Waals surface area contributed by atoms with Gasteiger partial charge in [-0.05, 0) is 48.5 Å². The summed E-state index contributed by atoms with van der Waals surface area (Å²) in [7, 11) is 2.13. The summed E-state index contributed by atoms with van der Waals surface area (Å²) in [4.78, 5) is 2.28. The molecule has 2 aromatic heterocycles. The lowest BCUT2D eigenvalue weighted by Crippen LogP contribution is -2.23. The number of nitrogens with zero attached hydrogens (tertiary/aromatic N) is 4. The molecular weight excluding hydrogens is 316 g/mol. The Hall–Kier alpha value is -0.890. The molecule has 0 spiro atoms. The van der Waals surface area contributed by atoms with Crippen molar-refractivity contribution in [1.29, 1.82) is 0 Å². The predicted molar refractivity (Wildman–Crippen MR) is 90.3 cm³/mol. The van der Waals surface area contributed by atoms with Gasteiger partial charge in [0.05, 0.1) is 19.2 Å². The molecule has 2 aromatic rings. The van der Waals surface area contributed by atoms with E-state index >= 15 is 0 Å². The van der Waals surface area contributed by atoms with Crippen molar-refractivity contribution in [3.63, 3.8) is 0 Å². The first-order valence-electron chi connectivity index (χ1n) is 7.53. The van der Waals surface area contributed by atoms with E-state index in [4.69, 9.17) is 4.74 Å². The summed E-state index contributed by atoms with van der Waals surface area (Å²) in [5, 5.41) is 14.0. The summed E-state index contributed by atoms with van der Waals surface area (Å²) < 4.78 is 8.00. The van der Waals surface area contributed by atoms with Crippen LogP contribution in [0.5, 0.6) is 0 Å². The van der Waals surface area contributed by atoms with Crippen molar-refractivity contribution in [2.24, 2.45) is 0 Å². The molecule has 0 bridgehead atoms. The number of aromatic nitrogens is 3. The van der Waals surface area contributed by atoms with E-state index in [1.54, 1.807) is 23.1 Å². The molecule has 0 saturated carbocycles. The van der Waals surface area contributed by atoms with Crippen LogP contribution in [0.1, 0.15) is 24.2 Å². The highest BCUT2D eigenvalue weighted by atomic mass is 32.2. The van der Waals surface area contributed by atoms with E-state index in [-0.39, 0.29) is 0 Å². The van der Waals surface area contributed by atoms with Gasteiger partial charge in [-0.3, -0.25) is 4.90 Å². The SMILES string of the molecule is CSc1nnc(CN(C)Cc2ccsc2)n1CC1CCCO1. The molecule has 5 nitrogen and oxygen atoms in total. The molecule has 0 aliphatic carbocycles. The maximum atomic E-state index is 5.77. The zero-order valence-electron chi connectivity index (χ0n) is 13.1.